The van der Waals surface area contributed by atoms with Crippen molar-refractivity contribution in [2.24, 2.45) is 0 Å². The normalized spacial score (nSPS) is 25.8. The Kier molecular flexibility index (Phi) is 3.97. The van der Waals surface area contributed by atoms with E-state index in [0.29, 0.717) is 18.0 Å². The Labute approximate surface area is 103 Å². The molecule has 17 heavy (non-hydrogen) atoms. The fourth-order valence-electron chi connectivity index (χ4n) is 2.33. The van der Waals surface area contributed by atoms with E-state index in [1.165, 1.54) is 0 Å². The van der Waals surface area contributed by atoms with E-state index in [0.717, 1.165) is 25.3 Å². The van der Waals surface area contributed by atoms with E-state index in [1.807, 2.05) is 12.1 Å². The third kappa shape index (κ3) is 2.96. The summed E-state index contributed by atoms with van der Waals surface area (Å²) in [6.45, 7) is 7.50. The van der Waals surface area contributed by atoms with Gasteiger partial charge in [0.2, 0.25) is 5.88 Å². The minimum atomic E-state index is 0.548. The lowest BCUT2D eigenvalue weighted by atomic mass is 10.1. The van der Waals surface area contributed by atoms with Gasteiger partial charge in [-0.05, 0) is 19.9 Å². The summed E-state index contributed by atoms with van der Waals surface area (Å²) in [7, 11) is 1.65. The van der Waals surface area contributed by atoms with Gasteiger partial charge in [0.1, 0.15) is 0 Å². The number of ether oxygens (including phenoxy) is 1. The van der Waals surface area contributed by atoms with Crippen LogP contribution in [0.1, 0.15) is 19.5 Å². The minimum Gasteiger partial charge on any atom is -0.481 e. The first-order chi connectivity index (χ1) is 8.20. The van der Waals surface area contributed by atoms with Gasteiger partial charge in [0.05, 0.1) is 12.8 Å². The lowest BCUT2D eigenvalue weighted by molar-refractivity contribution is 0.107. The van der Waals surface area contributed by atoms with Gasteiger partial charge in [-0.25, -0.2) is 4.98 Å². The highest BCUT2D eigenvalue weighted by molar-refractivity contribution is 5.15. The summed E-state index contributed by atoms with van der Waals surface area (Å²) < 4.78 is 5.16. The maximum absolute atomic E-state index is 5.16. The van der Waals surface area contributed by atoms with E-state index in [2.05, 4.69) is 35.1 Å². The standard InChI is InChI=1S/C13H21N3O/c1-10-7-14-8-11(2)16(10)9-12-5-4-6-13(15-12)17-3/h4-6,10-11,14H,7-9H2,1-3H3. The third-order valence-corrected chi connectivity index (χ3v) is 3.35. The summed E-state index contributed by atoms with van der Waals surface area (Å²) in [5.74, 6) is 0.693. The van der Waals surface area contributed by atoms with Gasteiger partial charge in [0, 0.05) is 37.8 Å². The number of hydrogen-bond acceptors (Lipinski definition) is 4. The summed E-state index contributed by atoms with van der Waals surface area (Å²) >= 11 is 0. The SMILES string of the molecule is COc1cccc(CN2C(C)CNCC2C)n1. The number of pyridine rings is 1. The van der Waals surface area contributed by atoms with Crippen molar-refractivity contribution in [2.75, 3.05) is 20.2 Å². The zero-order chi connectivity index (χ0) is 12.3. The van der Waals surface area contributed by atoms with Crippen molar-refractivity contribution in [1.29, 1.82) is 0 Å². The van der Waals surface area contributed by atoms with Gasteiger partial charge in [-0.3, -0.25) is 4.90 Å². The van der Waals surface area contributed by atoms with Crippen LogP contribution in [0.3, 0.4) is 0 Å². The molecule has 0 aliphatic carbocycles. The first kappa shape index (κ1) is 12.3. The molecule has 1 aromatic rings. The first-order valence-corrected chi connectivity index (χ1v) is 6.17. The predicted octanol–water partition coefficient (Wildman–Crippen LogP) is 1.27. The molecule has 1 N–H and O–H groups in total. The van der Waals surface area contributed by atoms with Gasteiger partial charge in [0.15, 0.2) is 0 Å². The van der Waals surface area contributed by atoms with Crippen LogP contribution in [-0.4, -0.2) is 42.2 Å². The second-order valence-electron chi connectivity index (χ2n) is 4.70. The quantitative estimate of drug-likeness (QED) is 0.856. The summed E-state index contributed by atoms with van der Waals surface area (Å²) in [5.41, 5.74) is 1.07. The second-order valence-corrected chi connectivity index (χ2v) is 4.70. The molecular weight excluding hydrogens is 214 g/mol. The largest absolute Gasteiger partial charge is 0.481 e. The van der Waals surface area contributed by atoms with Crippen molar-refractivity contribution in [2.45, 2.75) is 32.5 Å². The Morgan fingerprint density at radius 3 is 2.71 bits per heavy atom. The molecule has 0 radical (unpaired) electrons. The summed E-state index contributed by atoms with van der Waals surface area (Å²) in [6, 6.07) is 7.04. The number of piperazine rings is 1. The minimum absolute atomic E-state index is 0.548. The molecule has 0 bridgehead atoms. The van der Waals surface area contributed by atoms with Crippen molar-refractivity contribution in [3.8, 4) is 5.88 Å². The van der Waals surface area contributed by atoms with Gasteiger partial charge < -0.3 is 10.1 Å². The Hall–Kier alpha value is -1.13. The van der Waals surface area contributed by atoms with Crippen LogP contribution in [0.15, 0.2) is 18.2 Å². The molecule has 2 heterocycles. The van der Waals surface area contributed by atoms with Crippen LogP contribution < -0.4 is 10.1 Å². The Morgan fingerprint density at radius 2 is 2.06 bits per heavy atom. The molecule has 2 atom stereocenters. The Bertz CT molecular complexity index is 359. The predicted molar refractivity (Wildman–Crippen MR) is 68.1 cm³/mol. The van der Waals surface area contributed by atoms with Crippen LogP contribution in [-0.2, 0) is 6.54 Å². The maximum atomic E-state index is 5.16. The summed E-state index contributed by atoms with van der Waals surface area (Å²) in [5, 5.41) is 3.44. The van der Waals surface area contributed by atoms with Gasteiger partial charge in [-0.2, -0.15) is 0 Å². The Balaban J connectivity index is 2.07. The highest BCUT2D eigenvalue weighted by Crippen LogP contribution is 2.15. The van der Waals surface area contributed by atoms with Crippen molar-refractivity contribution >= 4 is 0 Å². The zero-order valence-corrected chi connectivity index (χ0v) is 10.8. The number of hydrogen-bond donors (Lipinski definition) is 1. The topological polar surface area (TPSA) is 37.4 Å². The smallest absolute Gasteiger partial charge is 0.213 e. The molecule has 0 saturated carbocycles. The molecule has 1 fully saturated rings. The number of nitrogens with one attached hydrogen (secondary N) is 1. The number of nitrogens with zero attached hydrogens (tertiary/aromatic N) is 2. The fourth-order valence-corrected chi connectivity index (χ4v) is 2.33. The van der Waals surface area contributed by atoms with Gasteiger partial charge >= 0.3 is 0 Å². The zero-order valence-electron chi connectivity index (χ0n) is 10.8. The molecule has 0 aromatic carbocycles. The van der Waals surface area contributed by atoms with E-state index in [9.17, 15) is 0 Å². The van der Waals surface area contributed by atoms with Crippen molar-refractivity contribution in [3.63, 3.8) is 0 Å². The fraction of sp³-hybridized carbons (Fsp3) is 0.615. The molecule has 94 valence electrons. The van der Waals surface area contributed by atoms with E-state index in [-0.39, 0.29) is 0 Å². The van der Waals surface area contributed by atoms with Crippen molar-refractivity contribution < 1.29 is 4.74 Å². The molecule has 2 rings (SSSR count). The van der Waals surface area contributed by atoms with Crippen LogP contribution in [0.4, 0.5) is 0 Å². The summed E-state index contributed by atoms with van der Waals surface area (Å²) in [4.78, 5) is 6.95. The molecule has 1 aromatic heterocycles. The maximum Gasteiger partial charge on any atom is 0.213 e. The molecule has 4 nitrogen and oxygen atoms in total. The van der Waals surface area contributed by atoms with E-state index < -0.39 is 0 Å². The Morgan fingerprint density at radius 1 is 1.35 bits per heavy atom. The van der Waals surface area contributed by atoms with Crippen molar-refractivity contribution in [1.82, 2.24) is 15.2 Å². The highest BCUT2D eigenvalue weighted by Gasteiger charge is 2.24. The van der Waals surface area contributed by atoms with Gasteiger partial charge in [-0.1, -0.05) is 6.07 Å². The van der Waals surface area contributed by atoms with Crippen LogP contribution in [0.2, 0.25) is 0 Å². The second kappa shape index (κ2) is 5.47. The highest BCUT2D eigenvalue weighted by atomic mass is 16.5. The van der Waals surface area contributed by atoms with Crippen LogP contribution in [0.25, 0.3) is 0 Å². The molecule has 1 saturated heterocycles. The molecule has 4 heteroatoms. The average Bonchev–Trinajstić information content (AvgIpc) is 2.34. The lowest BCUT2D eigenvalue weighted by Crippen LogP contribution is -2.54. The van der Waals surface area contributed by atoms with Gasteiger partial charge in [0.25, 0.3) is 0 Å². The molecule has 1 aliphatic heterocycles. The number of rotatable bonds is 3. The van der Waals surface area contributed by atoms with Crippen molar-refractivity contribution in [3.05, 3.63) is 23.9 Å². The molecular formula is C13H21N3O. The van der Waals surface area contributed by atoms with E-state index in [1.54, 1.807) is 7.11 Å². The third-order valence-electron chi connectivity index (χ3n) is 3.35. The van der Waals surface area contributed by atoms with Gasteiger partial charge in [-0.15, -0.1) is 0 Å². The number of methoxy groups -OCH3 is 1. The van der Waals surface area contributed by atoms with Crippen LogP contribution >= 0.6 is 0 Å². The molecule has 2 unspecified atom stereocenters. The molecule has 1 aliphatic rings. The molecule has 0 spiro atoms. The molecule has 0 amide bonds. The average molecular weight is 235 g/mol. The lowest BCUT2D eigenvalue weighted by Gasteiger charge is -2.39. The van der Waals surface area contributed by atoms with E-state index in [4.69, 9.17) is 4.74 Å². The summed E-state index contributed by atoms with van der Waals surface area (Å²) in [6.07, 6.45) is 0. The number of aromatic nitrogens is 1. The monoisotopic (exact) mass is 235 g/mol. The first-order valence-electron chi connectivity index (χ1n) is 6.17. The van der Waals surface area contributed by atoms with E-state index >= 15 is 0 Å². The van der Waals surface area contributed by atoms with Crippen LogP contribution in [0.5, 0.6) is 5.88 Å². The van der Waals surface area contributed by atoms with Crippen LogP contribution in [0, 0.1) is 0 Å².